The Labute approximate surface area is 142 Å². The average Bonchev–Trinajstić information content (AvgIpc) is 3.17. The number of nitrogens with zero attached hydrogens (tertiary/aromatic N) is 3. The zero-order chi connectivity index (χ0) is 17.6. The van der Waals surface area contributed by atoms with Gasteiger partial charge in [0.2, 0.25) is 5.91 Å². The number of hydrogen-bond acceptors (Lipinski definition) is 5. The molecule has 1 unspecified atom stereocenters. The first kappa shape index (κ1) is 15.4. The molecule has 4 heterocycles. The quantitative estimate of drug-likeness (QED) is 0.798. The summed E-state index contributed by atoms with van der Waals surface area (Å²) in [5, 5.41) is 2.98. The fourth-order valence-corrected chi connectivity index (χ4v) is 3.57. The van der Waals surface area contributed by atoms with Crippen LogP contribution in [0.25, 0.3) is 11.0 Å². The van der Waals surface area contributed by atoms with Gasteiger partial charge in [-0.1, -0.05) is 0 Å². The predicted molar refractivity (Wildman–Crippen MR) is 86.5 cm³/mol. The van der Waals surface area contributed by atoms with Crippen molar-refractivity contribution in [3.05, 3.63) is 30.3 Å². The minimum absolute atomic E-state index is 0.0188. The number of urea groups is 1. The van der Waals surface area contributed by atoms with Gasteiger partial charge in [-0.3, -0.25) is 14.6 Å². The molecule has 2 aliphatic heterocycles. The molecule has 2 atom stereocenters. The summed E-state index contributed by atoms with van der Waals surface area (Å²) in [5.41, 5.74) is 5.96. The van der Waals surface area contributed by atoms with Crippen LogP contribution in [0.4, 0.5) is 4.79 Å². The number of nitrogens with one attached hydrogen (secondary N) is 1. The Balaban J connectivity index is 1.45. The van der Waals surface area contributed by atoms with Gasteiger partial charge in [0.1, 0.15) is 11.3 Å². The first-order chi connectivity index (χ1) is 12.0. The Kier molecular flexibility index (Phi) is 3.56. The van der Waals surface area contributed by atoms with Crippen LogP contribution < -0.4 is 11.1 Å². The number of aromatic nitrogens is 1. The number of rotatable bonds is 3. The Morgan fingerprint density at radius 2 is 2.12 bits per heavy atom. The molecule has 0 radical (unpaired) electrons. The van der Waals surface area contributed by atoms with Gasteiger partial charge in [0.05, 0.1) is 24.2 Å². The first-order valence-corrected chi connectivity index (χ1v) is 7.99. The number of nitrogens with two attached hydrogens (primary N) is 1. The molecule has 0 saturated carbocycles. The minimum Gasteiger partial charge on any atom is -0.464 e. The highest BCUT2D eigenvalue weighted by molar-refractivity contribution is 6.04. The first-order valence-electron chi connectivity index (χ1n) is 7.99. The largest absolute Gasteiger partial charge is 0.464 e. The van der Waals surface area contributed by atoms with Crippen LogP contribution in [0.15, 0.2) is 29.0 Å². The van der Waals surface area contributed by atoms with Crippen LogP contribution in [0.5, 0.6) is 0 Å². The number of furan rings is 1. The Morgan fingerprint density at radius 3 is 2.92 bits per heavy atom. The molecule has 9 heteroatoms. The van der Waals surface area contributed by atoms with Crippen molar-refractivity contribution in [1.82, 2.24) is 20.1 Å². The van der Waals surface area contributed by atoms with Crippen LogP contribution in [0.1, 0.15) is 10.5 Å². The molecule has 0 aromatic carbocycles. The molecule has 4 rings (SSSR count). The summed E-state index contributed by atoms with van der Waals surface area (Å²) >= 11 is 0. The van der Waals surface area contributed by atoms with Crippen molar-refractivity contribution in [3.8, 4) is 0 Å². The summed E-state index contributed by atoms with van der Waals surface area (Å²) in [7, 11) is 0. The van der Waals surface area contributed by atoms with Gasteiger partial charge in [-0.2, -0.15) is 0 Å². The number of pyridine rings is 1. The van der Waals surface area contributed by atoms with E-state index in [1.807, 2.05) is 0 Å². The van der Waals surface area contributed by atoms with E-state index in [-0.39, 0.29) is 30.3 Å². The number of likely N-dealkylation sites (tertiary alicyclic amines) is 2. The summed E-state index contributed by atoms with van der Waals surface area (Å²) in [6, 6.07) is 2.69. The average molecular weight is 343 g/mol. The fourth-order valence-electron chi connectivity index (χ4n) is 3.57. The van der Waals surface area contributed by atoms with E-state index in [0.29, 0.717) is 36.3 Å². The Bertz CT molecular complexity index is 863. The normalized spacial score (nSPS) is 21.8. The highest BCUT2D eigenvalue weighted by Crippen LogP contribution is 2.33. The summed E-state index contributed by atoms with van der Waals surface area (Å²) in [4.78, 5) is 43.2. The summed E-state index contributed by atoms with van der Waals surface area (Å²) in [6.45, 7) is 1.51. The Hall–Kier alpha value is -3.10. The lowest BCUT2D eigenvalue weighted by Gasteiger charge is -2.43. The molecule has 2 aliphatic rings. The van der Waals surface area contributed by atoms with Gasteiger partial charge in [0.15, 0.2) is 0 Å². The van der Waals surface area contributed by atoms with Crippen LogP contribution in [0, 0.1) is 5.92 Å². The molecular weight excluding hydrogens is 326 g/mol. The van der Waals surface area contributed by atoms with Gasteiger partial charge >= 0.3 is 6.03 Å². The van der Waals surface area contributed by atoms with E-state index >= 15 is 0 Å². The molecule has 0 aliphatic carbocycles. The molecule has 25 heavy (non-hydrogen) atoms. The number of amides is 4. The lowest BCUT2D eigenvalue weighted by molar-refractivity contribution is -0.139. The third-order valence-corrected chi connectivity index (χ3v) is 4.84. The van der Waals surface area contributed by atoms with Gasteiger partial charge in [0, 0.05) is 31.7 Å². The standard InChI is InChI=1S/C16H17N5O4/c17-16(24)19-5-13(22)21-7-9-6-20(8-11(9)21)15(23)14-10-2-4-25-12(10)1-3-18-14/h1-4,9,11H,5-8H2,(H3,17,19,24)/t9?,11-/m1/s1. The van der Waals surface area contributed by atoms with Gasteiger partial charge in [0.25, 0.3) is 5.91 Å². The third kappa shape index (κ3) is 2.57. The zero-order valence-electron chi connectivity index (χ0n) is 13.3. The molecule has 0 spiro atoms. The van der Waals surface area contributed by atoms with Crippen LogP contribution in [0.3, 0.4) is 0 Å². The second-order valence-electron chi connectivity index (χ2n) is 6.29. The van der Waals surface area contributed by atoms with Crippen molar-refractivity contribution < 1.29 is 18.8 Å². The van der Waals surface area contributed by atoms with Crippen molar-refractivity contribution in [1.29, 1.82) is 0 Å². The van der Waals surface area contributed by atoms with Crippen molar-refractivity contribution in [2.45, 2.75) is 6.04 Å². The van der Waals surface area contributed by atoms with Gasteiger partial charge in [-0.15, -0.1) is 0 Å². The van der Waals surface area contributed by atoms with E-state index in [1.54, 1.807) is 28.1 Å². The smallest absolute Gasteiger partial charge is 0.312 e. The van der Waals surface area contributed by atoms with E-state index in [9.17, 15) is 14.4 Å². The van der Waals surface area contributed by atoms with Crippen LogP contribution in [0.2, 0.25) is 0 Å². The highest BCUT2D eigenvalue weighted by atomic mass is 16.3. The SMILES string of the molecule is NC(=O)NCC(=O)N1CC2CN(C(=O)c3nccc4occc34)C[C@H]21. The van der Waals surface area contributed by atoms with Gasteiger partial charge in [-0.25, -0.2) is 4.79 Å². The number of hydrogen-bond donors (Lipinski definition) is 2. The van der Waals surface area contributed by atoms with Crippen LogP contribution >= 0.6 is 0 Å². The number of carbonyl (C=O) groups excluding carboxylic acids is 3. The highest BCUT2D eigenvalue weighted by Gasteiger charge is 2.49. The van der Waals surface area contributed by atoms with E-state index < -0.39 is 6.03 Å². The summed E-state index contributed by atoms with van der Waals surface area (Å²) in [5.74, 6) is -0.0986. The van der Waals surface area contributed by atoms with Gasteiger partial charge < -0.3 is 25.3 Å². The lowest BCUT2D eigenvalue weighted by atomic mass is 9.92. The van der Waals surface area contributed by atoms with Gasteiger partial charge in [-0.05, 0) is 12.1 Å². The molecule has 2 saturated heterocycles. The molecule has 2 aromatic rings. The van der Waals surface area contributed by atoms with Crippen molar-refractivity contribution in [3.63, 3.8) is 0 Å². The van der Waals surface area contributed by atoms with Crippen molar-refractivity contribution in [2.24, 2.45) is 11.7 Å². The van der Waals surface area contributed by atoms with Crippen LogP contribution in [-0.2, 0) is 4.79 Å². The molecule has 2 aromatic heterocycles. The topological polar surface area (TPSA) is 122 Å². The zero-order valence-corrected chi connectivity index (χ0v) is 13.3. The molecule has 4 amide bonds. The molecule has 9 nitrogen and oxygen atoms in total. The van der Waals surface area contributed by atoms with E-state index in [0.717, 1.165) is 0 Å². The summed E-state index contributed by atoms with van der Waals surface area (Å²) in [6.07, 6.45) is 3.08. The molecule has 2 fully saturated rings. The van der Waals surface area contributed by atoms with E-state index in [1.165, 1.54) is 6.26 Å². The van der Waals surface area contributed by atoms with E-state index in [4.69, 9.17) is 10.2 Å². The van der Waals surface area contributed by atoms with Crippen molar-refractivity contribution in [2.75, 3.05) is 26.2 Å². The number of carbonyl (C=O) groups is 3. The van der Waals surface area contributed by atoms with Crippen molar-refractivity contribution >= 4 is 28.8 Å². The molecule has 130 valence electrons. The number of fused-ring (bicyclic) bond motifs is 2. The molecule has 3 N–H and O–H groups in total. The second-order valence-corrected chi connectivity index (χ2v) is 6.29. The number of primary amides is 1. The minimum atomic E-state index is -0.729. The predicted octanol–water partition coefficient (Wildman–Crippen LogP) is -0.221. The summed E-state index contributed by atoms with van der Waals surface area (Å²) < 4.78 is 5.31. The van der Waals surface area contributed by atoms with Crippen LogP contribution in [-0.4, -0.2) is 64.9 Å². The monoisotopic (exact) mass is 343 g/mol. The maximum atomic E-state index is 12.8. The Morgan fingerprint density at radius 1 is 1.28 bits per heavy atom. The van der Waals surface area contributed by atoms with E-state index in [2.05, 4.69) is 10.3 Å². The fraction of sp³-hybridized carbons (Fsp3) is 0.375. The second kappa shape index (κ2) is 5.76. The third-order valence-electron chi connectivity index (χ3n) is 4.84. The molecular formula is C16H17N5O4. The maximum absolute atomic E-state index is 12.8. The maximum Gasteiger partial charge on any atom is 0.312 e. The lowest BCUT2D eigenvalue weighted by Crippen LogP contribution is -2.60. The molecule has 0 bridgehead atoms.